The van der Waals surface area contributed by atoms with Crippen LogP contribution in [0.2, 0.25) is 0 Å². The number of hydrogen-bond donors (Lipinski definition) is 3. The quantitative estimate of drug-likeness (QED) is 0.371. The van der Waals surface area contributed by atoms with Gasteiger partial charge < -0.3 is 10.4 Å². The van der Waals surface area contributed by atoms with Gasteiger partial charge in [-0.3, -0.25) is 9.89 Å². The first-order valence-electron chi connectivity index (χ1n) is 12.1. The van der Waals surface area contributed by atoms with Crippen molar-refractivity contribution >= 4 is 16.9 Å². The van der Waals surface area contributed by atoms with E-state index in [0.29, 0.717) is 16.9 Å². The summed E-state index contributed by atoms with van der Waals surface area (Å²) in [6.07, 6.45) is 7.16. The van der Waals surface area contributed by atoms with E-state index in [9.17, 15) is 9.90 Å². The molecule has 3 N–H and O–H groups in total. The number of aryl methyl sites for hydroxylation is 1. The largest absolute Gasteiger partial charge is 0.508 e. The molecule has 4 aromatic rings. The van der Waals surface area contributed by atoms with Crippen molar-refractivity contribution in [1.82, 2.24) is 20.5 Å². The molecule has 0 bridgehead atoms. The van der Waals surface area contributed by atoms with Gasteiger partial charge in [-0.25, -0.2) is 4.98 Å². The van der Waals surface area contributed by atoms with Crippen molar-refractivity contribution in [2.24, 2.45) is 0 Å². The van der Waals surface area contributed by atoms with Gasteiger partial charge in [-0.1, -0.05) is 43.5 Å². The Morgan fingerprint density at radius 2 is 1.85 bits per heavy atom. The molecule has 6 nitrogen and oxygen atoms in total. The van der Waals surface area contributed by atoms with Crippen LogP contribution in [0.5, 0.6) is 5.75 Å². The number of benzene rings is 2. The highest BCUT2D eigenvalue weighted by Gasteiger charge is 2.44. The van der Waals surface area contributed by atoms with Crippen molar-refractivity contribution in [3.8, 4) is 17.0 Å². The second-order valence-corrected chi connectivity index (χ2v) is 9.81. The molecule has 1 saturated carbocycles. The number of aromatic hydroxyl groups is 1. The number of hydrogen-bond acceptors (Lipinski definition) is 4. The van der Waals surface area contributed by atoms with Gasteiger partial charge in [0.1, 0.15) is 5.75 Å². The Morgan fingerprint density at radius 3 is 2.65 bits per heavy atom. The summed E-state index contributed by atoms with van der Waals surface area (Å²) < 4.78 is 0. The molecule has 0 radical (unpaired) electrons. The van der Waals surface area contributed by atoms with Crippen LogP contribution >= 0.6 is 0 Å². The first-order chi connectivity index (χ1) is 16.5. The number of nitrogens with one attached hydrogen (secondary N) is 2. The molecule has 6 rings (SSSR count). The molecule has 2 aliphatic carbocycles. The van der Waals surface area contributed by atoms with E-state index in [1.165, 1.54) is 43.2 Å². The number of phenolic OH excluding ortho intramolecular Hbond substituents is 1. The number of aromatic amines is 1. The number of aromatic nitrogens is 3. The molecule has 2 aromatic carbocycles. The number of nitrogens with zero attached hydrogens (tertiary/aromatic N) is 2. The van der Waals surface area contributed by atoms with Crippen LogP contribution in [0.3, 0.4) is 0 Å². The van der Waals surface area contributed by atoms with Crippen LogP contribution in [-0.2, 0) is 5.41 Å². The highest BCUT2D eigenvalue weighted by molar-refractivity contribution is 6.07. The fourth-order valence-electron chi connectivity index (χ4n) is 6.10. The molecule has 1 atom stereocenters. The average molecular weight is 453 g/mol. The van der Waals surface area contributed by atoms with E-state index in [1.807, 2.05) is 13.0 Å². The van der Waals surface area contributed by atoms with Gasteiger partial charge in [-0.05, 0) is 73.1 Å². The smallest absolute Gasteiger partial charge is 0.252 e. The van der Waals surface area contributed by atoms with Crippen LogP contribution < -0.4 is 5.32 Å². The minimum atomic E-state index is -0.107. The predicted molar refractivity (Wildman–Crippen MR) is 132 cm³/mol. The zero-order chi connectivity index (χ0) is 23.3. The van der Waals surface area contributed by atoms with Crippen molar-refractivity contribution < 1.29 is 9.90 Å². The minimum absolute atomic E-state index is 0.00524. The summed E-state index contributed by atoms with van der Waals surface area (Å²) in [5.41, 5.74) is 6.24. The highest BCUT2D eigenvalue weighted by Crippen LogP contribution is 2.52. The summed E-state index contributed by atoms with van der Waals surface area (Å²) in [5.74, 6) is 0.0829. The first kappa shape index (κ1) is 20.9. The SMILES string of the molecule is Cc1[nH]nc2nc(-c3ccc(O)cc3)cc(C(=O)NC3CC4(CCCCC4)c4ccccc43)c12. The summed E-state index contributed by atoms with van der Waals surface area (Å²) in [7, 11) is 0. The number of pyridine rings is 1. The number of fused-ring (bicyclic) bond motifs is 3. The van der Waals surface area contributed by atoms with Crippen molar-refractivity contribution in [1.29, 1.82) is 0 Å². The number of amides is 1. The molecule has 1 amide bonds. The van der Waals surface area contributed by atoms with Gasteiger partial charge in [0.05, 0.1) is 22.7 Å². The zero-order valence-electron chi connectivity index (χ0n) is 19.3. The van der Waals surface area contributed by atoms with Crippen LogP contribution in [0.25, 0.3) is 22.3 Å². The second kappa shape index (κ2) is 7.97. The van der Waals surface area contributed by atoms with Crippen LogP contribution in [0.1, 0.15) is 71.7 Å². The van der Waals surface area contributed by atoms with E-state index in [2.05, 4.69) is 44.8 Å². The zero-order valence-corrected chi connectivity index (χ0v) is 19.3. The molecule has 172 valence electrons. The Bertz CT molecular complexity index is 1380. The number of rotatable bonds is 3. The summed E-state index contributed by atoms with van der Waals surface area (Å²) in [6.45, 7) is 1.91. The molecule has 34 heavy (non-hydrogen) atoms. The highest BCUT2D eigenvalue weighted by atomic mass is 16.3. The first-order valence-corrected chi connectivity index (χ1v) is 12.1. The Kier molecular flexibility index (Phi) is 4.90. The van der Waals surface area contributed by atoms with Crippen LogP contribution in [0.4, 0.5) is 0 Å². The van der Waals surface area contributed by atoms with E-state index >= 15 is 0 Å². The van der Waals surface area contributed by atoms with Gasteiger partial charge in [0.25, 0.3) is 5.91 Å². The number of carbonyl (C=O) groups is 1. The van der Waals surface area contributed by atoms with Crippen molar-refractivity contribution in [3.63, 3.8) is 0 Å². The van der Waals surface area contributed by atoms with Gasteiger partial charge in [0.15, 0.2) is 5.65 Å². The molecule has 1 spiro atoms. The molecule has 1 unspecified atom stereocenters. The molecule has 6 heteroatoms. The third kappa shape index (κ3) is 3.36. The van der Waals surface area contributed by atoms with E-state index in [1.54, 1.807) is 24.3 Å². The van der Waals surface area contributed by atoms with E-state index in [4.69, 9.17) is 0 Å². The van der Waals surface area contributed by atoms with E-state index in [-0.39, 0.29) is 23.1 Å². The Morgan fingerprint density at radius 1 is 1.09 bits per heavy atom. The standard InChI is InChI=1S/C28H28N4O2/c1-17-25-21(15-23(29-26(25)32-31-17)18-9-11-19(33)12-10-18)27(34)30-24-16-28(13-5-2-6-14-28)22-8-4-3-7-20(22)24/h3-4,7-12,15,24,33H,2,5-6,13-14,16H2,1H3,(H,30,34)(H,29,31,32). The normalized spacial score (nSPS) is 18.8. The maximum Gasteiger partial charge on any atom is 0.252 e. The van der Waals surface area contributed by atoms with Crippen molar-refractivity contribution in [3.05, 3.63) is 77.0 Å². The Balaban J connectivity index is 1.38. The third-order valence-corrected chi connectivity index (χ3v) is 7.73. The number of phenols is 1. The maximum absolute atomic E-state index is 13.8. The summed E-state index contributed by atoms with van der Waals surface area (Å²) in [6, 6.07) is 17.3. The molecule has 1 fully saturated rings. The van der Waals surface area contributed by atoms with Gasteiger partial charge in [-0.15, -0.1) is 0 Å². The fraction of sp³-hybridized carbons (Fsp3) is 0.321. The van der Waals surface area contributed by atoms with Crippen molar-refractivity contribution in [2.45, 2.75) is 56.9 Å². The van der Waals surface area contributed by atoms with Crippen molar-refractivity contribution in [2.75, 3.05) is 0 Å². The molecule has 0 aliphatic heterocycles. The lowest BCUT2D eigenvalue weighted by molar-refractivity contribution is 0.0932. The average Bonchev–Trinajstić information content (AvgIpc) is 3.37. The summed E-state index contributed by atoms with van der Waals surface area (Å²) >= 11 is 0. The van der Waals surface area contributed by atoms with E-state index in [0.717, 1.165) is 23.1 Å². The molecule has 2 aliphatic rings. The number of carbonyl (C=O) groups excluding carboxylic acids is 1. The van der Waals surface area contributed by atoms with Gasteiger partial charge in [-0.2, -0.15) is 5.10 Å². The Labute approximate surface area is 198 Å². The van der Waals surface area contributed by atoms with E-state index < -0.39 is 0 Å². The molecule has 2 heterocycles. The maximum atomic E-state index is 13.8. The lowest BCUT2D eigenvalue weighted by Gasteiger charge is -2.34. The molecule has 2 aromatic heterocycles. The van der Waals surface area contributed by atoms with Gasteiger partial charge in [0, 0.05) is 11.3 Å². The van der Waals surface area contributed by atoms with Gasteiger partial charge >= 0.3 is 0 Å². The number of H-pyrrole nitrogens is 1. The second-order valence-electron chi connectivity index (χ2n) is 9.81. The van der Waals surface area contributed by atoms with Crippen LogP contribution in [-0.4, -0.2) is 26.2 Å². The monoisotopic (exact) mass is 452 g/mol. The molecular formula is C28H28N4O2. The third-order valence-electron chi connectivity index (χ3n) is 7.73. The van der Waals surface area contributed by atoms with Gasteiger partial charge in [0.2, 0.25) is 0 Å². The Hall–Kier alpha value is -3.67. The summed E-state index contributed by atoms with van der Waals surface area (Å²) in [5, 5.41) is 21.1. The van der Waals surface area contributed by atoms with Crippen LogP contribution in [0, 0.1) is 6.92 Å². The summed E-state index contributed by atoms with van der Waals surface area (Å²) in [4.78, 5) is 18.4. The van der Waals surface area contributed by atoms with Crippen LogP contribution in [0.15, 0.2) is 54.6 Å². The lowest BCUT2D eigenvalue weighted by atomic mass is 9.70. The molecule has 0 saturated heterocycles. The fourth-order valence-corrected chi connectivity index (χ4v) is 6.10. The minimum Gasteiger partial charge on any atom is -0.508 e. The topological polar surface area (TPSA) is 90.9 Å². The lowest BCUT2D eigenvalue weighted by Crippen LogP contribution is -2.31. The predicted octanol–water partition coefficient (Wildman–Crippen LogP) is 5.72. The molecular weight excluding hydrogens is 424 g/mol.